The number of aliphatic hydroxyl groups is 1. The van der Waals surface area contributed by atoms with E-state index in [0.717, 1.165) is 0 Å². The number of aromatic nitrogens is 2. The third-order valence-corrected chi connectivity index (χ3v) is 2.67. The van der Waals surface area contributed by atoms with Crippen LogP contribution in [0.2, 0.25) is 0 Å². The van der Waals surface area contributed by atoms with Gasteiger partial charge in [0.2, 0.25) is 11.8 Å². The van der Waals surface area contributed by atoms with Crippen LogP contribution in [0.25, 0.3) is 0 Å². The maximum atomic E-state index is 11.7. The molecule has 1 amide bonds. The van der Waals surface area contributed by atoms with Crippen molar-refractivity contribution in [1.29, 1.82) is 0 Å². The van der Waals surface area contributed by atoms with Crippen molar-refractivity contribution in [3.63, 3.8) is 0 Å². The number of aryl methyl sites for hydroxylation is 2. The van der Waals surface area contributed by atoms with Crippen molar-refractivity contribution in [3.8, 4) is 0 Å². The molecule has 1 heterocycles. The molecule has 1 N–H and O–H groups in total. The van der Waals surface area contributed by atoms with E-state index in [0.29, 0.717) is 31.0 Å². The number of rotatable bonds is 6. The lowest BCUT2D eigenvalue weighted by Crippen LogP contribution is -2.37. The molecule has 6 nitrogen and oxygen atoms in total. The average molecular weight is 241 g/mol. The number of hydrogen-bond donors (Lipinski definition) is 1. The Kier molecular flexibility index (Phi) is 5.09. The second kappa shape index (κ2) is 6.34. The van der Waals surface area contributed by atoms with Crippen LogP contribution in [0, 0.1) is 6.92 Å². The van der Waals surface area contributed by atoms with Crippen molar-refractivity contribution in [2.24, 2.45) is 0 Å². The molecule has 0 saturated heterocycles. The fourth-order valence-electron chi connectivity index (χ4n) is 1.38. The van der Waals surface area contributed by atoms with Crippen molar-refractivity contribution < 1.29 is 14.4 Å². The minimum absolute atomic E-state index is 0.0165. The van der Waals surface area contributed by atoms with Crippen molar-refractivity contribution in [2.45, 2.75) is 39.2 Å². The Morgan fingerprint density at radius 3 is 2.82 bits per heavy atom. The first kappa shape index (κ1) is 13.6. The molecule has 1 aromatic rings. The van der Waals surface area contributed by atoms with Crippen LogP contribution < -0.4 is 0 Å². The highest BCUT2D eigenvalue weighted by Gasteiger charge is 2.14. The molecule has 6 heteroatoms. The molecule has 1 aromatic heterocycles. The van der Waals surface area contributed by atoms with Gasteiger partial charge in [-0.2, -0.15) is 4.98 Å². The summed E-state index contributed by atoms with van der Waals surface area (Å²) in [5, 5.41) is 12.6. The molecule has 96 valence electrons. The number of carbonyl (C=O) groups excluding carboxylic acids is 1. The third-order valence-electron chi connectivity index (χ3n) is 2.67. The molecule has 1 rings (SSSR count). The van der Waals surface area contributed by atoms with Crippen molar-refractivity contribution >= 4 is 5.91 Å². The molecule has 0 aromatic carbocycles. The van der Waals surface area contributed by atoms with Gasteiger partial charge in [-0.25, -0.2) is 0 Å². The number of carbonyl (C=O) groups is 1. The molecule has 0 aliphatic heterocycles. The van der Waals surface area contributed by atoms with E-state index in [-0.39, 0.29) is 18.6 Å². The van der Waals surface area contributed by atoms with E-state index in [2.05, 4.69) is 10.1 Å². The summed E-state index contributed by atoms with van der Waals surface area (Å²) in [6.07, 6.45) is 1.69. The standard InChI is InChI=1S/C11H19N3O3/c1-8(7-15)14(3)11(16)6-4-5-10-12-9(2)13-17-10/h8,15H,4-7H2,1-3H3. The van der Waals surface area contributed by atoms with Crippen LogP contribution >= 0.6 is 0 Å². The highest BCUT2D eigenvalue weighted by atomic mass is 16.5. The normalized spacial score (nSPS) is 12.5. The van der Waals surface area contributed by atoms with E-state index in [1.807, 2.05) is 0 Å². The fraction of sp³-hybridized carbons (Fsp3) is 0.727. The molecule has 0 bridgehead atoms. The number of aliphatic hydroxyl groups excluding tert-OH is 1. The largest absolute Gasteiger partial charge is 0.394 e. The second-order valence-electron chi connectivity index (χ2n) is 4.13. The van der Waals surface area contributed by atoms with Gasteiger partial charge in [0.25, 0.3) is 0 Å². The molecule has 0 fully saturated rings. The van der Waals surface area contributed by atoms with Gasteiger partial charge in [-0.3, -0.25) is 4.79 Å². The van der Waals surface area contributed by atoms with Gasteiger partial charge >= 0.3 is 0 Å². The number of amides is 1. The summed E-state index contributed by atoms with van der Waals surface area (Å²) >= 11 is 0. The van der Waals surface area contributed by atoms with Crippen LogP contribution in [0.1, 0.15) is 31.5 Å². The average Bonchev–Trinajstić information content (AvgIpc) is 2.72. The van der Waals surface area contributed by atoms with Gasteiger partial charge in [0.15, 0.2) is 5.82 Å². The number of likely N-dealkylation sites (N-methyl/N-ethyl adjacent to an activating group) is 1. The van der Waals surface area contributed by atoms with E-state index >= 15 is 0 Å². The molecule has 1 atom stereocenters. The fourth-order valence-corrected chi connectivity index (χ4v) is 1.38. The van der Waals surface area contributed by atoms with Crippen molar-refractivity contribution in [3.05, 3.63) is 11.7 Å². The smallest absolute Gasteiger partial charge is 0.226 e. The van der Waals surface area contributed by atoms with Crippen molar-refractivity contribution in [1.82, 2.24) is 15.0 Å². The Balaban J connectivity index is 2.29. The summed E-state index contributed by atoms with van der Waals surface area (Å²) in [5.41, 5.74) is 0. The maximum Gasteiger partial charge on any atom is 0.226 e. The predicted octanol–water partition coefficient (Wildman–Crippen LogP) is 0.540. The molecule has 0 aliphatic carbocycles. The Morgan fingerprint density at radius 1 is 1.59 bits per heavy atom. The Bertz CT molecular complexity index is 365. The minimum atomic E-state index is -0.145. The first-order chi connectivity index (χ1) is 8.04. The highest BCUT2D eigenvalue weighted by molar-refractivity contribution is 5.76. The summed E-state index contributed by atoms with van der Waals surface area (Å²) in [5.74, 6) is 1.19. The number of nitrogens with zero attached hydrogens (tertiary/aromatic N) is 3. The molecular weight excluding hydrogens is 222 g/mol. The topological polar surface area (TPSA) is 79.5 Å². The summed E-state index contributed by atoms with van der Waals surface area (Å²) in [7, 11) is 1.69. The van der Waals surface area contributed by atoms with E-state index in [9.17, 15) is 4.79 Å². The first-order valence-electron chi connectivity index (χ1n) is 5.70. The van der Waals surface area contributed by atoms with Crippen LogP contribution in [0.15, 0.2) is 4.52 Å². The summed E-state index contributed by atoms with van der Waals surface area (Å²) < 4.78 is 4.95. The summed E-state index contributed by atoms with van der Waals surface area (Å²) in [6, 6.07) is -0.145. The lowest BCUT2D eigenvalue weighted by Gasteiger charge is -2.22. The predicted molar refractivity (Wildman–Crippen MR) is 61.3 cm³/mol. The van der Waals surface area contributed by atoms with Crippen LogP contribution in [-0.4, -0.2) is 45.8 Å². The number of hydrogen-bond acceptors (Lipinski definition) is 5. The van der Waals surface area contributed by atoms with Crippen LogP contribution in [0.4, 0.5) is 0 Å². The van der Waals surface area contributed by atoms with Crippen LogP contribution in [-0.2, 0) is 11.2 Å². The zero-order valence-corrected chi connectivity index (χ0v) is 10.5. The third kappa shape index (κ3) is 4.14. The molecule has 0 spiro atoms. The lowest BCUT2D eigenvalue weighted by atomic mass is 10.2. The monoisotopic (exact) mass is 241 g/mol. The van der Waals surface area contributed by atoms with Crippen LogP contribution in [0.5, 0.6) is 0 Å². The van der Waals surface area contributed by atoms with E-state index in [4.69, 9.17) is 9.63 Å². The highest BCUT2D eigenvalue weighted by Crippen LogP contribution is 2.05. The van der Waals surface area contributed by atoms with Gasteiger partial charge in [-0.05, 0) is 20.3 Å². The van der Waals surface area contributed by atoms with Gasteiger partial charge in [0.1, 0.15) is 0 Å². The SMILES string of the molecule is Cc1noc(CCCC(=O)N(C)C(C)CO)n1. The van der Waals surface area contributed by atoms with Gasteiger partial charge in [-0.15, -0.1) is 0 Å². The van der Waals surface area contributed by atoms with Gasteiger partial charge < -0.3 is 14.5 Å². The maximum absolute atomic E-state index is 11.7. The zero-order chi connectivity index (χ0) is 12.8. The van der Waals surface area contributed by atoms with E-state index in [1.165, 1.54) is 0 Å². The molecule has 1 unspecified atom stereocenters. The zero-order valence-electron chi connectivity index (χ0n) is 10.5. The molecular formula is C11H19N3O3. The molecule has 17 heavy (non-hydrogen) atoms. The quantitative estimate of drug-likeness (QED) is 0.786. The Hall–Kier alpha value is -1.43. The van der Waals surface area contributed by atoms with E-state index in [1.54, 1.807) is 25.8 Å². The lowest BCUT2D eigenvalue weighted by molar-refractivity contribution is -0.132. The second-order valence-corrected chi connectivity index (χ2v) is 4.13. The van der Waals surface area contributed by atoms with Gasteiger partial charge in [-0.1, -0.05) is 5.16 Å². The summed E-state index contributed by atoms with van der Waals surface area (Å²) in [6.45, 7) is 3.54. The molecule has 0 aliphatic rings. The minimum Gasteiger partial charge on any atom is -0.394 e. The molecule has 0 saturated carbocycles. The Labute approximate surface area is 101 Å². The van der Waals surface area contributed by atoms with E-state index < -0.39 is 0 Å². The molecule has 0 radical (unpaired) electrons. The van der Waals surface area contributed by atoms with Gasteiger partial charge in [0, 0.05) is 19.9 Å². The van der Waals surface area contributed by atoms with Crippen molar-refractivity contribution in [2.75, 3.05) is 13.7 Å². The summed E-state index contributed by atoms with van der Waals surface area (Å²) in [4.78, 5) is 17.3. The van der Waals surface area contributed by atoms with Crippen LogP contribution in [0.3, 0.4) is 0 Å². The first-order valence-corrected chi connectivity index (χ1v) is 5.70. The Morgan fingerprint density at radius 2 is 2.29 bits per heavy atom. The van der Waals surface area contributed by atoms with Gasteiger partial charge in [0.05, 0.1) is 12.6 Å².